The van der Waals surface area contributed by atoms with Gasteiger partial charge in [-0.3, -0.25) is 9.20 Å². The molecule has 1 atom stereocenters. The maximum absolute atomic E-state index is 13.8. The summed E-state index contributed by atoms with van der Waals surface area (Å²) in [5.74, 6) is 0.346. The maximum Gasteiger partial charge on any atom is 0.165 e. The molecule has 7 rings (SSSR count). The van der Waals surface area contributed by atoms with Gasteiger partial charge in [-0.05, 0) is 23.3 Å². The van der Waals surface area contributed by atoms with Crippen LogP contribution in [0, 0.1) is 0 Å². The topological polar surface area (TPSA) is 34.4 Å². The Morgan fingerprint density at radius 3 is 1.92 bits per heavy atom. The molecule has 3 nitrogen and oxygen atoms in total. The van der Waals surface area contributed by atoms with E-state index in [-0.39, 0.29) is 11.7 Å². The van der Waals surface area contributed by atoms with Crippen molar-refractivity contribution in [1.29, 1.82) is 0 Å². The summed E-state index contributed by atoms with van der Waals surface area (Å²) < 4.78 is 2.28. The van der Waals surface area contributed by atoms with Gasteiger partial charge in [-0.25, -0.2) is 4.98 Å². The van der Waals surface area contributed by atoms with Gasteiger partial charge in [0.1, 0.15) is 5.65 Å². The van der Waals surface area contributed by atoms with Crippen LogP contribution in [0.2, 0.25) is 0 Å². The second-order valence-corrected chi connectivity index (χ2v) is 9.51. The highest BCUT2D eigenvalue weighted by molar-refractivity contribution is 6.13. The summed E-state index contributed by atoms with van der Waals surface area (Å²) in [6.07, 6.45) is 1.31. The highest BCUT2D eigenvalue weighted by Gasteiger charge is 2.32. The van der Waals surface area contributed by atoms with Gasteiger partial charge in [0.15, 0.2) is 5.78 Å². The van der Waals surface area contributed by atoms with Crippen LogP contribution in [0.25, 0.3) is 38.9 Å². The summed E-state index contributed by atoms with van der Waals surface area (Å²) in [7, 11) is 0. The van der Waals surface area contributed by atoms with E-state index in [9.17, 15) is 4.79 Å². The van der Waals surface area contributed by atoms with E-state index in [0.717, 1.165) is 56.6 Å². The van der Waals surface area contributed by atoms with Crippen LogP contribution >= 0.6 is 0 Å². The Hall–Kier alpha value is -4.50. The number of nitrogens with zero attached hydrogens (tertiary/aromatic N) is 2. The highest BCUT2D eigenvalue weighted by atomic mass is 16.1. The number of imidazole rings is 1. The number of benzene rings is 4. The molecule has 0 amide bonds. The molecule has 6 aromatic rings. The van der Waals surface area contributed by atoms with Crippen LogP contribution in [0.3, 0.4) is 0 Å². The van der Waals surface area contributed by atoms with E-state index in [4.69, 9.17) is 4.98 Å². The van der Waals surface area contributed by atoms with Crippen LogP contribution in [0.15, 0.2) is 115 Å². The van der Waals surface area contributed by atoms with Gasteiger partial charge in [-0.1, -0.05) is 115 Å². The fraction of sp³-hybridized carbons (Fsp3) is 0.0909. The van der Waals surface area contributed by atoms with Crippen molar-refractivity contribution in [1.82, 2.24) is 9.38 Å². The number of pyridine rings is 1. The molecule has 0 spiro atoms. The van der Waals surface area contributed by atoms with Gasteiger partial charge in [-0.2, -0.15) is 0 Å². The van der Waals surface area contributed by atoms with Gasteiger partial charge in [-0.15, -0.1) is 0 Å². The van der Waals surface area contributed by atoms with Crippen LogP contribution in [0.1, 0.15) is 34.0 Å². The minimum Gasteiger partial charge on any atom is -0.295 e. The SMILES string of the molecule is O=C1CC(c2ccccc2)Cc2c1c1ccccc1c1nc(-c3ccccc3)c(-c3ccccc3)n21. The second kappa shape index (κ2) is 8.31. The molecule has 0 fully saturated rings. The van der Waals surface area contributed by atoms with Gasteiger partial charge in [0.2, 0.25) is 0 Å². The summed E-state index contributed by atoms with van der Waals surface area (Å²) >= 11 is 0. The van der Waals surface area contributed by atoms with E-state index in [1.54, 1.807) is 0 Å². The van der Waals surface area contributed by atoms with Crippen LogP contribution in [-0.4, -0.2) is 15.2 Å². The molecule has 0 saturated carbocycles. The number of rotatable bonds is 3. The van der Waals surface area contributed by atoms with Crippen molar-refractivity contribution in [3.63, 3.8) is 0 Å². The monoisotopic (exact) mass is 464 g/mol. The van der Waals surface area contributed by atoms with Crippen molar-refractivity contribution in [3.8, 4) is 22.5 Å². The van der Waals surface area contributed by atoms with Crippen LogP contribution in [-0.2, 0) is 6.42 Å². The molecule has 172 valence electrons. The van der Waals surface area contributed by atoms with Crippen molar-refractivity contribution in [2.45, 2.75) is 18.8 Å². The lowest BCUT2D eigenvalue weighted by molar-refractivity contribution is 0.0965. The van der Waals surface area contributed by atoms with Gasteiger partial charge in [0, 0.05) is 34.2 Å². The first-order valence-electron chi connectivity index (χ1n) is 12.4. The lowest BCUT2D eigenvalue weighted by Crippen LogP contribution is -2.22. The number of carbonyl (C=O) groups is 1. The van der Waals surface area contributed by atoms with E-state index in [2.05, 4.69) is 89.3 Å². The van der Waals surface area contributed by atoms with Crippen molar-refractivity contribution in [2.75, 3.05) is 0 Å². The average molecular weight is 465 g/mol. The Morgan fingerprint density at radius 2 is 1.22 bits per heavy atom. The molecule has 3 heteroatoms. The standard InChI is InChI=1S/C33H24N2O/c36-29-21-25(22-12-4-1-5-13-22)20-28-30(29)26-18-10-11-19-27(26)33-34-31(23-14-6-2-7-15-23)32(35(28)33)24-16-8-3-9-17-24/h1-19,25H,20-21H2. The number of ketones is 1. The molecular formula is C33H24N2O. The summed E-state index contributed by atoms with van der Waals surface area (Å²) in [4.78, 5) is 19.1. The Kier molecular flexibility index (Phi) is 4.81. The first kappa shape index (κ1) is 20.8. The van der Waals surface area contributed by atoms with Gasteiger partial charge < -0.3 is 0 Å². The summed E-state index contributed by atoms with van der Waals surface area (Å²) in [5, 5.41) is 2.02. The fourth-order valence-corrected chi connectivity index (χ4v) is 5.78. The molecule has 2 aromatic heterocycles. The Labute approximate surface area is 209 Å². The third-order valence-corrected chi connectivity index (χ3v) is 7.39. The number of hydrogen-bond acceptors (Lipinski definition) is 2. The number of Topliss-reactive ketones (excluding diaryl/α,β-unsaturated/α-hetero) is 1. The molecule has 1 unspecified atom stereocenters. The quantitative estimate of drug-likeness (QED) is 0.268. The molecule has 0 radical (unpaired) electrons. The minimum atomic E-state index is 0.141. The number of fused-ring (bicyclic) bond motifs is 6. The average Bonchev–Trinajstić information content (AvgIpc) is 3.36. The van der Waals surface area contributed by atoms with Gasteiger partial charge in [0.05, 0.1) is 11.4 Å². The van der Waals surface area contributed by atoms with E-state index in [1.165, 1.54) is 5.56 Å². The van der Waals surface area contributed by atoms with Crippen molar-refractivity contribution in [2.24, 2.45) is 0 Å². The Morgan fingerprint density at radius 1 is 0.639 bits per heavy atom. The lowest BCUT2D eigenvalue weighted by atomic mass is 9.80. The largest absolute Gasteiger partial charge is 0.295 e. The van der Waals surface area contributed by atoms with E-state index >= 15 is 0 Å². The molecule has 1 aliphatic carbocycles. The minimum absolute atomic E-state index is 0.141. The predicted molar refractivity (Wildman–Crippen MR) is 145 cm³/mol. The summed E-state index contributed by atoms with van der Waals surface area (Å²) in [5.41, 5.74) is 8.16. The van der Waals surface area contributed by atoms with Gasteiger partial charge in [0.25, 0.3) is 0 Å². The van der Waals surface area contributed by atoms with Crippen molar-refractivity contribution < 1.29 is 4.79 Å². The van der Waals surface area contributed by atoms with E-state index in [0.29, 0.717) is 6.42 Å². The van der Waals surface area contributed by atoms with Crippen molar-refractivity contribution in [3.05, 3.63) is 132 Å². The van der Waals surface area contributed by atoms with Crippen LogP contribution in [0.4, 0.5) is 0 Å². The smallest absolute Gasteiger partial charge is 0.165 e. The third kappa shape index (κ3) is 3.20. The number of aromatic nitrogens is 2. The fourth-order valence-electron chi connectivity index (χ4n) is 5.78. The molecule has 0 bridgehead atoms. The zero-order valence-corrected chi connectivity index (χ0v) is 19.8. The van der Waals surface area contributed by atoms with E-state index in [1.807, 2.05) is 30.3 Å². The molecular weight excluding hydrogens is 440 g/mol. The normalized spacial score (nSPS) is 15.3. The first-order valence-corrected chi connectivity index (χ1v) is 12.4. The van der Waals surface area contributed by atoms with E-state index < -0.39 is 0 Å². The third-order valence-electron chi connectivity index (χ3n) is 7.39. The van der Waals surface area contributed by atoms with Crippen LogP contribution < -0.4 is 0 Å². The molecule has 1 aliphatic rings. The first-order chi connectivity index (χ1) is 17.8. The van der Waals surface area contributed by atoms with Gasteiger partial charge >= 0.3 is 0 Å². The molecule has 36 heavy (non-hydrogen) atoms. The second-order valence-electron chi connectivity index (χ2n) is 9.51. The van der Waals surface area contributed by atoms with Crippen molar-refractivity contribution >= 4 is 22.2 Å². The predicted octanol–water partition coefficient (Wildman–Crippen LogP) is 7.73. The molecule has 0 N–H and O–H groups in total. The summed E-state index contributed by atoms with van der Waals surface area (Å²) in [6, 6.07) is 39.5. The summed E-state index contributed by atoms with van der Waals surface area (Å²) in [6.45, 7) is 0. The molecule has 4 aromatic carbocycles. The van der Waals surface area contributed by atoms with Crippen LogP contribution in [0.5, 0.6) is 0 Å². The Balaban J connectivity index is 1.62. The zero-order chi connectivity index (χ0) is 24.1. The molecule has 0 aliphatic heterocycles. The highest BCUT2D eigenvalue weighted by Crippen LogP contribution is 2.42. The molecule has 2 heterocycles. The maximum atomic E-state index is 13.8. The molecule has 0 saturated heterocycles. The number of carbonyl (C=O) groups excluding carboxylic acids is 1. The number of hydrogen-bond donors (Lipinski definition) is 0. The zero-order valence-electron chi connectivity index (χ0n) is 19.8. The Bertz CT molecular complexity index is 1740. The lowest BCUT2D eigenvalue weighted by Gasteiger charge is -2.27.